The van der Waals surface area contributed by atoms with Crippen molar-refractivity contribution in [2.45, 2.75) is 0 Å². The van der Waals surface area contributed by atoms with Crippen molar-refractivity contribution in [3.63, 3.8) is 0 Å². The number of nitriles is 1. The predicted molar refractivity (Wildman–Crippen MR) is 72.6 cm³/mol. The quantitative estimate of drug-likeness (QED) is 0.775. The van der Waals surface area contributed by atoms with Gasteiger partial charge in [-0.3, -0.25) is 0 Å². The number of imidazole rings is 1. The molecular formula is C15H11N3O. The number of fused-ring (bicyclic) bond motifs is 1. The number of aromatic nitrogens is 2. The third kappa shape index (κ3) is 2.26. The highest BCUT2D eigenvalue weighted by Crippen LogP contribution is 2.22. The molecule has 0 aliphatic rings. The minimum Gasteiger partial charge on any atom is -0.479 e. The van der Waals surface area contributed by atoms with Crippen LogP contribution >= 0.6 is 0 Å². The number of nitrogens with zero attached hydrogens (tertiary/aromatic N) is 2. The van der Waals surface area contributed by atoms with E-state index in [0.717, 1.165) is 22.4 Å². The maximum atomic E-state index is 8.45. The van der Waals surface area contributed by atoms with Crippen LogP contribution in [0.2, 0.25) is 0 Å². The van der Waals surface area contributed by atoms with E-state index in [-0.39, 0.29) is 6.61 Å². The Bertz CT molecular complexity index is 705. The number of hydrogen-bond acceptors (Lipinski definition) is 3. The number of aromatic amines is 1. The number of para-hydroxylation sites is 2. The largest absolute Gasteiger partial charge is 0.479 e. The van der Waals surface area contributed by atoms with E-state index < -0.39 is 0 Å². The summed E-state index contributed by atoms with van der Waals surface area (Å²) in [5.41, 5.74) is 2.95. The number of rotatable bonds is 3. The summed E-state index contributed by atoms with van der Waals surface area (Å²) in [6.45, 7) is 0.0595. The van der Waals surface area contributed by atoms with Gasteiger partial charge in [-0.25, -0.2) is 4.98 Å². The number of hydrogen-bond donors (Lipinski definition) is 1. The number of ether oxygens (including phenoxy) is 1. The first-order valence-electron chi connectivity index (χ1n) is 5.92. The van der Waals surface area contributed by atoms with Gasteiger partial charge in [-0.2, -0.15) is 5.26 Å². The number of H-pyrrole nitrogens is 1. The van der Waals surface area contributed by atoms with E-state index in [1.54, 1.807) is 0 Å². The Labute approximate surface area is 110 Å². The molecule has 0 saturated carbocycles. The highest BCUT2D eigenvalue weighted by atomic mass is 16.5. The summed E-state index contributed by atoms with van der Waals surface area (Å²) in [6, 6.07) is 17.4. The van der Waals surface area contributed by atoms with E-state index in [9.17, 15) is 0 Å². The van der Waals surface area contributed by atoms with Crippen LogP contribution in [0.4, 0.5) is 0 Å². The lowest BCUT2D eigenvalue weighted by molar-refractivity contribution is 0.368. The normalized spacial score (nSPS) is 10.3. The molecule has 0 atom stereocenters. The average molecular weight is 249 g/mol. The van der Waals surface area contributed by atoms with E-state index in [2.05, 4.69) is 9.97 Å². The molecule has 0 fully saturated rings. The van der Waals surface area contributed by atoms with Gasteiger partial charge in [0.05, 0.1) is 11.0 Å². The molecule has 1 heterocycles. The van der Waals surface area contributed by atoms with Gasteiger partial charge in [0.2, 0.25) is 0 Å². The first kappa shape index (κ1) is 11.3. The summed E-state index contributed by atoms with van der Waals surface area (Å²) in [4.78, 5) is 7.80. The minimum atomic E-state index is 0.0595. The smallest absolute Gasteiger partial charge is 0.174 e. The molecule has 0 radical (unpaired) electrons. The fraction of sp³-hybridized carbons (Fsp3) is 0.0667. The standard InChI is InChI=1S/C15H11N3O/c16-9-10-19-12-7-5-11(6-8-12)15-17-13-3-1-2-4-14(13)18-15/h1-8H,10H2,(H,17,18). The number of benzene rings is 2. The number of nitrogens with one attached hydrogen (secondary N) is 1. The first-order valence-corrected chi connectivity index (χ1v) is 5.92. The molecule has 4 nitrogen and oxygen atoms in total. The van der Waals surface area contributed by atoms with E-state index in [4.69, 9.17) is 10.00 Å². The molecule has 0 bridgehead atoms. The van der Waals surface area contributed by atoms with Crippen LogP contribution in [0.3, 0.4) is 0 Å². The lowest BCUT2D eigenvalue weighted by Crippen LogP contribution is -1.92. The summed E-state index contributed by atoms with van der Waals surface area (Å²) >= 11 is 0. The van der Waals surface area contributed by atoms with Crippen LogP contribution < -0.4 is 4.74 Å². The van der Waals surface area contributed by atoms with Gasteiger partial charge < -0.3 is 9.72 Å². The molecule has 0 aliphatic carbocycles. The molecule has 0 aliphatic heterocycles. The maximum absolute atomic E-state index is 8.45. The van der Waals surface area contributed by atoms with Crippen molar-refractivity contribution >= 4 is 11.0 Å². The van der Waals surface area contributed by atoms with Gasteiger partial charge in [-0.05, 0) is 36.4 Å². The van der Waals surface area contributed by atoms with E-state index in [1.165, 1.54) is 0 Å². The second kappa shape index (κ2) is 4.83. The van der Waals surface area contributed by atoms with Gasteiger partial charge in [0.15, 0.2) is 6.61 Å². The second-order valence-electron chi connectivity index (χ2n) is 4.07. The highest BCUT2D eigenvalue weighted by Gasteiger charge is 2.04. The molecule has 0 spiro atoms. The van der Waals surface area contributed by atoms with Crippen molar-refractivity contribution < 1.29 is 4.74 Å². The fourth-order valence-electron chi connectivity index (χ4n) is 1.91. The van der Waals surface area contributed by atoms with Gasteiger partial charge in [0, 0.05) is 5.56 Å². The topological polar surface area (TPSA) is 61.7 Å². The lowest BCUT2D eigenvalue weighted by atomic mass is 10.2. The third-order valence-corrected chi connectivity index (χ3v) is 2.82. The zero-order valence-electron chi connectivity index (χ0n) is 10.1. The minimum absolute atomic E-state index is 0.0595. The van der Waals surface area contributed by atoms with Crippen LogP contribution in [0.15, 0.2) is 48.5 Å². The van der Waals surface area contributed by atoms with E-state index in [0.29, 0.717) is 5.75 Å². The second-order valence-corrected chi connectivity index (χ2v) is 4.07. The first-order chi connectivity index (χ1) is 9.36. The summed E-state index contributed by atoms with van der Waals surface area (Å²) in [5.74, 6) is 1.51. The Kier molecular flexibility index (Phi) is 2.87. The highest BCUT2D eigenvalue weighted by molar-refractivity contribution is 5.79. The maximum Gasteiger partial charge on any atom is 0.174 e. The van der Waals surface area contributed by atoms with Gasteiger partial charge in [-0.1, -0.05) is 12.1 Å². The molecule has 4 heteroatoms. The molecule has 3 rings (SSSR count). The van der Waals surface area contributed by atoms with Gasteiger partial charge in [0.1, 0.15) is 17.6 Å². The summed E-state index contributed by atoms with van der Waals surface area (Å²) in [7, 11) is 0. The molecule has 19 heavy (non-hydrogen) atoms. The van der Waals surface area contributed by atoms with E-state index >= 15 is 0 Å². The van der Waals surface area contributed by atoms with Crippen LogP contribution in [0.25, 0.3) is 22.4 Å². The SMILES string of the molecule is N#CCOc1ccc(-c2nc3ccccc3[nH]2)cc1. The lowest BCUT2D eigenvalue weighted by Gasteiger charge is -2.01. The van der Waals surface area contributed by atoms with Crippen molar-refractivity contribution in [2.24, 2.45) is 0 Å². The molecule has 0 amide bonds. The van der Waals surface area contributed by atoms with Crippen LogP contribution in [0.5, 0.6) is 5.75 Å². The molecule has 3 aromatic rings. The Morgan fingerprint density at radius 1 is 1.11 bits per heavy atom. The molecular weight excluding hydrogens is 238 g/mol. The molecule has 0 saturated heterocycles. The van der Waals surface area contributed by atoms with Crippen molar-refractivity contribution in [3.8, 4) is 23.2 Å². The monoisotopic (exact) mass is 249 g/mol. The van der Waals surface area contributed by atoms with Crippen molar-refractivity contribution in [1.29, 1.82) is 5.26 Å². The zero-order valence-corrected chi connectivity index (χ0v) is 10.1. The molecule has 0 unspecified atom stereocenters. The Morgan fingerprint density at radius 3 is 2.63 bits per heavy atom. The predicted octanol–water partition coefficient (Wildman–Crippen LogP) is 3.13. The van der Waals surface area contributed by atoms with E-state index in [1.807, 2.05) is 54.6 Å². The molecule has 2 aromatic carbocycles. The summed E-state index contributed by atoms with van der Waals surface area (Å²) in [5, 5.41) is 8.45. The summed E-state index contributed by atoms with van der Waals surface area (Å²) in [6.07, 6.45) is 0. The summed E-state index contributed by atoms with van der Waals surface area (Å²) < 4.78 is 5.21. The van der Waals surface area contributed by atoms with Gasteiger partial charge in [0.25, 0.3) is 0 Å². The van der Waals surface area contributed by atoms with Gasteiger partial charge in [-0.15, -0.1) is 0 Å². The Balaban J connectivity index is 1.91. The Morgan fingerprint density at radius 2 is 1.89 bits per heavy atom. The van der Waals surface area contributed by atoms with Gasteiger partial charge >= 0.3 is 0 Å². The zero-order chi connectivity index (χ0) is 13.1. The van der Waals surface area contributed by atoms with Crippen molar-refractivity contribution in [2.75, 3.05) is 6.61 Å². The van der Waals surface area contributed by atoms with Crippen molar-refractivity contribution in [3.05, 3.63) is 48.5 Å². The van der Waals surface area contributed by atoms with Crippen LogP contribution in [-0.4, -0.2) is 16.6 Å². The van der Waals surface area contributed by atoms with Crippen molar-refractivity contribution in [1.82, 2.24) is 9.97 Å². The Hall–Kier alpha value is -2.80. The third-order valence-electron chi connectivity index (χ3n) is 2.82. The molecule has 92 valence electrons. The molecule has 1 N–H and O–H groups in total. The van der Waals surface area contributed by atoms with Crippen LogP contribution in [0.1, 0.15) is 0 Å². The van der Waals surface area contributed by atoms with Crippen LogP contribution in [-0.2, 0) is 0 Å². The van der Waals surface area contributed by atoms with Crippen LogP contribution in [0, 0.1) is 11.3 Å². The fourth-order valence-corrected chi connectivity index (χ4v) is 1.91. The molecule has 1 aromatic heterocycles. The average Bonchev–Trinajstić information content (AvgIpc) is 2.89.